The molecule has 0 aliphatic heterocycles. The molecule has 3 rings (SSSR count). The monoisotopic (exact) mass is 182 g/mol. The number of aromatic nitrogens is 4. The van der Waals surface area contributed by atoms with Gasteiger partial charge in [0.2, 0.25) is 0 Å². The average Bonchev–Trinajstić information content (AvgIpc) is 2.29. The number of fused-ring (bicyclic) bond motifs is 3. The molecule has 0 radical (unpaired) electrons. The summed E-state index contributed by atoms with van der Waals surface area (Å²) in [5.41, 5.74) is 2.50. The number of pyridine rings is 1. The minimum Gasteiger partial charge on any atom is -0.254 e. The van der Waals surface area contributed by atoms with E-state index in [9.17, 15) is 0 Å². The van der Waals surface area contributed by atoms with Gasteiger partial charge in [-0.25, -0.2) is 4.98 Å². The first-order chi connectivity index (χ1) is 6.95. The molecular formula is C10H6N4. The van der Waals surface area contributed by atoms with Gasteiger partial charge in [-0.1, -0.05) is 18.2 Å². The Hall–Kier alpha value is -2.10. The summed E-state index contributed by atoms with van der Waals surface area (Å²) in [6.45, 7) is 0. The number of hydrogen-bond donors (Lipinski definition) is 0. The van der Waals surface area contributed by atoms with Gasteiger partial charge >= 0.3 is 0 Å². The van der Waals surface area contributed by atoms with Gasteiger partial charge in [-0.2, -0.15) is 0 Å². The summed E-state index contributed by atoms with van der Waals surface area (Å²) in [7, 11) is 0. The van der Waals surface area contributed by atoms with Crippen molar-refractivity contribution in [1.29, 1.82) is 0 Å². The largest absolute Gasteiger partial charge is 0.254 e. The van der Waals surface area contributed by atoms with Gasteiger partial charge < -0.3 is 0 Å². The van der Waals surface area contributed by atoms with E-state index in [1.165, 1.54) is 6.33 Å². The molecule has 0 unspecified atom stereocenters. The summed E-state index contributed by atoms with van der Waals surface area (Å²) in [6, 6.07) is 7.83. The standard InChI is InChI=1S/C10H6N4/c1-2-4-8-7(3-1)10-9(5-11-8)12-6-13-14-10/h1-6H. The topological polar surface area (TPSA) is 51.6 Å². The molecule has 4 heteroatoms. The van der Waals surface area contributed by atoms with Crippen LogP contribution < -0.4 is 0 Å². The fourth-order valence-electron chi connectivity index (χ4n) is 1.49. The maximum absolute atomic E-state index is 4.28. The molecule has 2 heterocycles. The van der Waals surface area contributed by atoms with E-state index in [1.807, 2.05) is 24.3 Å². The molecule has 14 heavy (non-hydrogen) atoms. The van der Waals surface area contributed by atoms with Gasteiger partial charge in [-0.15, -0.1) is 10.2 Å². The fraction of sp³-hybridized carbons (Fsp3) is 0. The molecule has 0 N–H and O–H groups in total. The number of hydrogen-bond acceptors (Lipinski definition) is 4. The number of benzene rings is 1. The van der Waals surface area contributed by atoms with Gasteiger partial charge in [0.25, 0.3) is 0 Å². The number of rotatable bonds is 0. The maximum atomic E-state index is 4.28. The van der Waals surface area contributed by atoms with Crippen LogP contribution in [0.2, 0.25) is 0 Å². The molecule has 0 aliphatic rings. The van der Waals surface area contributed by atoms with Gasteiger partial charge in [0.1, 0.15) is 17.4 Å². The molecule has 2 aromatic heterocycles. The van der Waals surface area contributed by atoms with Gasteiger partial charge in [-0.3, -0.25) is 4.98 Å². The van der Waals surface area contributed by atoms with Crippen molar-refractivity contribution in [3.8, 4) is 0 Å². The first-order valence-corrected chi connectivity index (χ1v) is 4.26. The van der Waals surface area contributed by atoms with Crippen molar-refractivity contribution >= 4 is 21.9 Å². The second-order valence-corrected chi connectivity index (χ2v) is 2.97. The summed E-state index contributed by atoms with van der Waals surface area (Å²) in [4.78, 5) is 8.37. The molecular weight excluding hydrogens is 176 g/mol. The van der Waals surface area contributed by atoms with Crippen molar-refractivity contribution in [2.24, 2.45) is 0 Å². The van der Waals surface area contributed by atoms with Crippen LogP contribution in [0.4, 0.5) is 0 Å². The molecule has 3 aromatic rings. The predicted molar refractivity (Wildman–Crippen MR) is 52.6 cm³/mol. The first kappa shape index (κ1) is 7.32. The molecule has 0 saturated heterocycles. The SMILES string of the molecule is c1ccc2c(c1)ncc1ncnnc12. The van der Waals surface area contributed by atoms with Crippen molar-refractivity contribution in [2.45, 2.75) is 0 Å². The highest BCUT2D eigenvalue weighted by atomic mass is 15.1. The highest BCUT2D eigenvalue weighted by Crippen LogP contribution is 2.18. The highest BCUT2D eigenvalue weighted by molar-refractivity contribution is 6.00. The Morgan fingerprint density at radius 3 is 2.86 bits per heavy atom. The van der Waals surface area contributed by atoms with Crippen LogP contribution in [0.1, 0.15) is 0 Å². The molecule has 4 nitrogen and oxygen atoms in total. The molecule has 0 fully saturated rings. The summed E-state index contributed by atoms with van der Waals surface area (Å²) in [5, 5.41) is 8.82. The van der Waals surface area contributed by atoms with Crippen LogP contribution in [0.5, 0.6) is 0 Å². The summed E-state index contributed by atoms with van der Waals surface area (Å²) >= 11 is 0. The minimum atomic E-state index is 0.777. The van der Waals surface area contributed by atoms with Gasteiger partial charge in [-0.05, 0) is 6.07 Å². The van der Waals surface area contributed by atoms with Crippen LogP contribution in [0.25, 0.3) is 21.9 Å². The Morgan fingerprint density at radius 2 is 1.86 bits per heavy atom. The lowest BCUT2D eigenvalue weighted by Crippen LogP contribution is -1.89. The van der Waals surface area contributed by atoms with Crippen LogP contribution in [0.3, 0.4) is 0 Å². The zero-order chi connectivity index (χ0) is 9.38. The van der Waals surface area contributed by atoms with Crippen LogP contribution in [0, 0.1) is 0 Å². The van der Waals surface area contributed by atoms with Crippen molar-refractivity contribution in [1.82, 2.24) is 20.2 Å². The second kappa shape index (κ2) is 2.70. The lowest BCUT2D eigenvalue weighted by Gasteiger charge is -1.98. The van der Waals surface area contributed by atoms with Crippen LogP contribution in [0.15, 0.2) is 36.8 Å². The fourth-order valence-corrected chi connectivity index (χ4v) is 1.49. The molecule has 0 saturated carbocycles. The molecule has 0 atom stereocenters. The Balaban J connectivity index is 2.61. The molecule has 0 amide bonds. The van der Waals surface area contributed by atoms with E-state index >= 15 is 0 Å². The van der Waals surface area contributed by atoms with E-state index in [2.05, 4.69) is 20.2 Å². The molecule has 0 spiro atoms. The average molecular weight is 182 g/mol. The van der Waals surface area contributed by atoms with Crippen molar-refractivity contribution in [3.05, 3.63) is 36.8 Å². The van der Waals surface area contributed by atoms with Crippen LogP contribution >= 0.6 is 0 Å². The van der Waals surface area contributed by atoms with E-state index in [-0.39, 0.29) is 0 Å². The quantitative estimate of drug-likeness (QED) is 0.495. The molecule has 1 aromatic carbocycles. The molecule has 0 aliphatic carbocycles. The predicted octanol–water partition coefficient (Wildman–Crippen LogP) is 1.57. The van der Waals surface area contributed by atoms with E-state index in [1.54, 1.807) is 6.20 Å². The Bertz CT molecular complexity index is 551. The smallest absolute Gasteiger partial charge is 0.138 e. The number of para-hydroxylation sites is 1. The first-order valence-electron chi connectivity index (χ1n) is 4.26. The summed E-state index contributed by atoms with van der Waals surface area (Å²) in [6.07, 6.45) is 3.14. The lowest BCUT2D eigenvalue weighted by molar-refractivity contribution is 1.02. The highest BCUT2D eigenvalue weighted by Gasteiger charge is 2.01. The Kier molecular flexibility index (Phi) is 1.41. The second-order valence-electron chi connectivity index (χ2n) is 2.97. The lowest BCUT2D eigenvalue weighted by atomic mass is 10.2. The Labute approximate surface area is 79.6 Å². The third-order valence-corrected chi connectivity index (χ3v) is 2.13. The third kappa shape index (κ3) is 0.939. The van der Waals surface area contributed by atoms with E-state index < -0.39 is 0 Å². The van der Waals surface area contributed by atoms with Crippen LogP contribution in [-0.4, -0.2) is 20.2 Å². The maximum Gasteiger partial charge on any atom is 0.138 e. The van der Waals surface area contributed by atoms with Crippen molar-refractivity contribution in [3.63, 3.8) is 0 Å². The third-order valence-electron chi connectivity index (χ3n) is 2.13. The molecule has 0 bridgehead atoms. The van der Waals surface area contributed by atoms with Gasteiger partial charge in [0.15, 0.2) is 0 Å². The van der Waals surface area contributed by atoms with Crippen molar-refractivity contribution < 1.29 is 0 Å². The summed E-state index contributed by atoms with van der Waals surface area (Å²) in [5.74, 6) is 0. The number of nitrogens with zero attached hydrogens (tertiary/aromatic N) is 4. The van der Waals surface area contributed by atoms with E-state index in [0.717, 1.165) is 21.9 Å². The minimum absolute atomic E-state index is 0.777. The summed E-state index contributed by atoms with van der Waals surface area (Å²) < 4.78 is 0. The van der Waals surface area contributed by atoms with Gasteiger partial charge in [0.05, 0.1) is 11.7 Å². The van der Waals surface area contributed by atoms with Crippen LogP contribution in [-0.2, 0) is 0 Å². The normalized spacial score (nSPS) is 10.9. The van der Waals surface area contributed by atoms with Gasteiger partial charge in [0, 0.05) is 5.39 Å². The van der Waals surface area contributed by atoms with Crippen molar-refractivity contribution in [2.75, 3.05) is 0 Å². The molecule has 66 valence electrons. The Morgan fingerprint density at radius 1 is 0.929 bits per heavy atom. The zero-order valence-corrected chi connectivity index (χ0v) is 7.25. The zero-order valence-electron chi connectivity index (χ0n) is 7.25. The van der Waals surface area contributed by atoms with E-state index in [0.29, 0.717) is 0 Å². The van der Waals surface area contributed by atoms with E-state index in [4.69, 9.17) is 0 Å².